The van der Waals surface area contributed by atoms with Gasteiger partial charge in [-0.25, -0.2) is 0 Å². The van der Waals surface area contributed by atoms with Crippen LogP contribution in [0.4, 0.5) is 0 Å². The van der Waals surface area contributed by atoms with Gasteiger partial charge in [-0.05, 0) is 12.8 Å². The smallest absolute Gasteiger partial charge is 0.231 e. The van der Waals surface area contributed by atoms with Crippen LogP contribution in [0.5, 0.6) is 0 Å². The molecule has 0 aromatic heterocycles. The quantitative estimate of drug-likeness (QED) is 0.156. The number of nitrogens with one attached hydrogen (secondary N) is 1. The summed E-state index contributed by atoms with van der Waals surface area (Å²) in [7, 11) is 3.68. The van der Waals surface area contributed by atoms with Crippen LogP contribution >= 0.6 is 34.4 Å². The molecule has 0 fully saturated rings. The Morgan fingerprint density at radius 3 is 1.80 bits per heavy atom. The van der Waals surface area contributed by atoms with Gasteiger partial charge in [-0.1, -0.05) is 34.4 Å². The van der Waals surface area contributed by atoms with Crippen molar-refractivity contribution >= 4 is 40.3 Å². The van der Waals surface area contributed by atoms with Gasteiger partial charge in [-0.2, -0.15) is 0 Å². The number of aliphatic hydroxyl groups excluding tert-OH is 1. The summed E-state index contributed by atoms with van der Waals surface area (Å²) < 4.78 is 23.5. The van der Waals surface area contributed by atoms with Crippen LogP contribution in [-0.4, -0.2) is 82.0 Å². The Hall–Kier alpha value is 0.320. The predicted octanol–water partition coefficient (Wildman–Crippen LogP) is 1.56. The van der Waals surface area contributed by atoms with Crippen molar-refractivity contribution in [1.82, 2.24) is 4.72 Å². The standard InChI is InChI=1S/C15H31NO6S3/c17-4-8-21-10-12-22-11-9-20-6-2-14-25-24-13-1-5-19-7-3-15(18)16-23/h17,23H,1-14H2,(H,16,18). The maximum Gasteiger partial charge on any atom is 0.231 e. The minimum atomic E-state index is -0.117. The van der Waals surface area contributed by atoms with E-state index in [1.165, 1.54) is 0 Å². The second kappa shape index (κ2) is 22.4. The van der Waals surface area contributed by atoms with Crippen molar-refractivity contribution in [2.24, 2.45) is 0 Å². The van der Waals surface area contributed by atoms with E-state index in [-0.39, 0.29) is 12.5 Å². The van der Waals surface area contributed by atoms with Crippen molar-refractivity contribution in [1.29, 1.82) is 0 Å². The Bertz CT molecular complexity index is 290. The zero-order chi connectivity index (χ0) is 18.4. The highest BCUT2D eigenvalue weighted by molar-refractivity contribution is 8.76. The third-order valence-corrected chi connectivity index (χ3v) is 5.52. The number of carbonyl (C=O) groups excluding carboxylic acids is 1. The van der Waals surface area contributed by atoms with Gasteiger partial charge in [0.15, 0.2) is 0 Å². The van der Waals surface area contributed by atoms with E-state index in [0.29, 0.717) is 52.7 Å². The summed E-state index contributed by atoms with van der Waals surface area (Å²) in [6.07, 6.45) is 2.36. The van der Waals surface area contributed by atoms with Crippen LogP contribution in [-0.2, 0) is 23.7 Å². The first-order valence-corrected chi connectivity index (χ1v) is 11.3. The number of aliphatic hydroxyl groups is 1. The van der Waals surface area contributed by atoms with E-state index in [4.69, 9.17) is 24.1 Å². The highest BCUT2D eigenvalue weighted by Crippen LogP contribution is 2.22. The predicted molar refractivity (Wildman–Crippen MR) is 106 cm³/mol. The summed E-state index contributed by atoms with van der Waals surface area (Å²) in [5, 5.41) is 8.52. The van der Waals surface area contributed by atoms with Crippen molar-refractivity contribution in [3.63, 3.8) is 0 Å². The lowest BCUT2D eigenvalue weighted by Gasteiger charge is -2.06. The second-order valence-electron chi connectivity index (χ2n) is 4.81. The summed E-state index contributed by atoms with van der Waals surface area (Å²) in [4.78, 5) is 10.9. The zero-order valence-corrected chi connectivity index (χ0v) is 17.2. The highest BCUT2D eigenvalue weighted by Gasteiger charge is 1.98. The zero-order valence-electron chi connectivity index (χ0n) is 14.7. The molecule has 150 valence electrons. The first-order valence-electron chi connectivity index (χ1n) is 8.40. The number of hydrogen-bond donors (Lipinski definition) is 3. The molecule has 0 unspecified atom stereocenters. The van der Waals surface area contributed by atoms with Crippen LogP contribution in [0.25, 0.3) is 0 Å². The average Bonchev–Trinajstić information content (AvgIpc) is 2.63. The first-order chi connectivity index (χ1) is 12.3. The summed E-state index contributed by atoms with van der Waals surface area (Å²) >= 11 is 3.67. The Balaban J connectivity index is 2.99. The number of ether oxygens (including phenoxy) is 4. The van der Waals surface area contributed by atoms with Gasteiger partial charge in [0, 0.05) is 24.7 Å². The van der Waals surface area contributed by atoms with Gasteiger partial charge in [0.2, 0.25) is 5.91 Å². The molecule has 0 aromatic carbocycles. The van der Waals surface area contributed by atoms with Crippen molar-refractivity contribution in [3.05, 3.63) is 0 Å². The van der Waals surface area contributed by atoms with Gasteiger partial charge in [0.25, 0.3) is 0 Å². The largest absolute Gasteiger partial charge is 0.394 e. The van der Waals surface area contributed by atoms with E-state index < -0.39 is 0 Å². The molecule has 0 aromatic rings. The molecule has 0 bridgehead atoms. The third-order valence-electron chi connectivity index (χ3n) is 2.69. The molecule has 0 aliphatic rings. The van der Waals surface area contributed by atoms with E-state index in [0.717, 1.165) is 31.0 Å². The van der Waals surface area contributed by atoms with Gasteiger partial charge in [0.1, 0.15) is 0 Å². The summed E-state index contributed by atoms with van der Waals surface area (Å²) in [6, 6.07) is 0. The van der Waals surface area contributed by atoms with Crippen LogP contribution in [0.2, 0.25) is 0 Å². The van der Waals surface area contributed by atoms with E-state index in [1.54, 1.807) is 0 Å². The monoisotopic (exact) mass is 417 g/mol. The molecule has 0 spiro atoms. The average molecular weight is 418 g/mol. The topological polar surface area (TPSA) is 86.3 Å². The molecule has 7 nitrogen and oxygen atoms in total. The molecule has 0 aliphatic carbocycles. The molecule has 2 N–H and O–H groups in total. The second-order valence-corrected chi connectivity index (χ2v) is 7.73. The highest BCUT2D eigenvalue weighted by atomic mass is 33.1. The number of thiol groups is 1. The van der Waals surface area contributed by atoms with E-state index in [1.807, 2.05) is 21.6 Å². The molecule has 0 aliphatic heterocycles. The van der Waals surface area contributed by atoms with Crippen LogP contribution in [0.15, 0.2) is 0 Å². The molecule has 1 amide bonds. The van der Waals surface area contributed by atoms with Crippen LogP contribution in [0.1, 0.15) is 19.3 Å². The fourth-order valence-corrected chi connectivity index (χ4v) is 3.72. The lowest BCUT2D eigenvalue weighted by molar-refractivity contribution is -0.120. The SMILES string of the molecule is O=C(CCOCCCSSCCCOCCOCCOCCO)NS. The van der Waals surface area contributed by atoms with Crippen molar-refractivity contribution in [2.45, 2.75) is 19.3 Å². The fraction of sp³-hybridized carbons (Fsp3) is 0.933. The summed E-state index contributed by atoms with van der Waals surface area (Å²) in [6.45, 7) is 4.48. The van der Waals surface area contributed by atoms with Gasteiger partial charge in [-0.3, -0.25) is 4.79 Å². The van der Waals surface area contributed by atoms with Gasteiger partial charge >= 0.3 is 0 Å². The molecule has 25 heavy (non-hydrogen) atoms. The van der Waals surface area contributed by atoms with E-state index >= 15 is 0 Å². The molecule has 0 heterocycles. The third kappa shape index (κ3) is 22.3. The number of carbonyl (C=O) groups is 1. The maximum absolute atomic E-state index is 10.9. The normalized spacial score (nSPS) is 11.0. The Morgan fingerprint density at radius 2 is 1.28 bits per heavy atom. The summed E-state index contributed by atoms with van der Waals surface area (Å²) in [5.41, 5.74) is 0. The number of hydrogen-bond acceptors (Lipinski definition) is 9. The molecule has 0 saturated heterocycles. The van der Waals surface area contributed by atoms with E-state index in [2.05, 4.69) is 17.5 Å². The van der Waals surface area contributed by atoms with Gasteiger partial charge < -0.3 is 28.8 Å². The maximum atomic E-state index is 10.9. The van der Waals surface area contributed by atoms with Crippen LogP contribution in [0.3, 0.4) is 0 Å². The Kier molecular flexibility index (Phi) is 22.6. The molecule has 10 heteroatoms. The lowest BCUT2D eigenvalue weighted by Crippen LogP contribution is -2.15. The molecule has 0 atom stereocenters. The van der Waals surface area contributed by atoms with E-state index in [9.17, 15) is 4.79 Å². The van der Waals surface area contributed by atoms with Gasteiger partial charge in [0.05, 0.1) is 52.7 Å². The lowest BCUT2D eigenvalue weighted by atomic mass is 10.4. The Labute approximate surface area is 164 Å². The summed E-state index contributed by atoms with van der Waals surface area (Å²) in [5.74, 6) is 1.98. The number of amides is 1. The molecular weight excluding hydrogens is 386 g/mol. The Morgan fingerprint density at radius 1 is 0.800 bits per heavy atom. The molecular formula is C15H31NO6S3. The molecule has 0 saturated carbocycles. The van der Waals surface area contributed by atoms with Crippen molar-refractivity contribution in [2.75, 3.05) is 71.0 Å². The van der Waals surface area contributed by atoms with Crippen molar-refractivity contribution < 1.29 is 28.8 Å². The van der Waals surface area contributed by atoms with Crippen LogP contribution < -0.4 is 4.72 Å². The number of rotatable bonds is 20. The minimum absolute atomic E-state index is 0.0456. The fourth-order valence-electron chi connectivity index (χ4n) is 1.49. The minimum Gasteiger partial charge on any atom is -0.394 e. The van der Waals surface area contributed by atoms with Gasteiger partial charge in [-0.15, -0.1) is 0 Å². The van der Waals surface area contributed by atoms with Crippen LogP contribution in [0, 0.1) is 0 Å². The molecule has 0 radical (unpaired) electrons. The molecule has 0 rings (SSSR count). The van der Waals surface area contributed by atoms with Crippen molar-refractivity contribution in [3.8, 4) is 0 Å². The first kappa shape index (κ1) is 25.3.